The summed E-state index contributed by atoms with van der Waals surface area (Å²) in [5, 5.41) is 18.0. The van der Waals surface area contributed by atoms with Gasteiger partial charge in [0.1, 0.15) is 10.7 Å². The van der Waals surface area contributed by atoms with Crippen molar-refractivity contribution in [3.63, 3.8) is 0 Å². The second-order valence-corrected chi connectivity index (χ2v) is 4.87. The first-order valence-electron chi connectivity index (χ1n) is 5.62. The number of carboxylic acids is 1. The summed E-state index contributed by atoms with van der Waals surface area (Å²) in [6, 6.07) is 8.41. The molecule has 0 saturated heterocycles. The summed E-state index contributed by atoms with van der Waals surface area (Å²) in [6.45, 7) is 0. The zero-order valence-corrected chi connectivity index (χ0v) is 10.9. The van der Waals surface area contributed by atoms with Gasteiger partial charge in [-0.05, 0) is 36.0 Å². The summed E-state index contributed by atoms with van der Waals surface area (Å²) in [5.74, 6) is -1.10. The molecule has 100 valence electrons. The molecule has 3 heterocycles. The Hall–Kier alpha value is -2.61. The van der Waals surface area contributed by atoms with E-state index in [2.05, 4.69) is 15.2 Å². The van der Waals surface area contributed by atoms with E-state index in [9.17, 15) is 4.79 Å². The molecule has 0 bridgehead atoms. The number of carboxylic acid groups (broad SMARTS) is 1. The lowest BCUT2D eigenvalue weighted by molar-refractivity contribution is 0.0690. The van der Waals surface area contributed by atoms with E-state index >= 15 is 0 Å². The third kappa shape index (κ3) is 2.16. The molecule has 20 heavy (non-hydrogen) atoms. The van der Waals surface area contributed by atoms with Gasteiger partial charge in [0, 0.05) is 6.20 Å². The number of hydrogen-bond donors (Lipinski definition) is 2. The lowest BCUT2D eigenvalue weighted by atomic mass is 10.3. The standard InChI is InChI=1S/C12H9N5O2S/c13-7-4-5-8(11(18)19)14-10(7)20-12-16-15-9-3-1-2-6-17(9)12/h1-6H,13H2,(H,18,19). The summed E-state index contributed by atoms with van der Waals surface area (Å²) < 4.78 is 1.78. The molecule has 0 aliphatic rings. The highest BCUT2D eigenvalue weighted by Gasteiger charge is 2.13. The summed E-state index contributed by atoms with van der Waals surface area (Å²) in [4.78, 5) is 14.9. The molecule has 3 aromatic rings. The molecule has 0 amide bonds. The van der Waals surface area contributed by atoms with Crippen LogP contribution in [0.2, 0.25) is 0 Å². The van der Waals surface area contributed by atoms with Crippen molar-refractivity contribution in [1.82, 2.24) is 19.6 Å². The van der Waals surface area contributed by atoms with Crippen molar-refractivity contribution in [3.05, 3.63) is 42.2 Å². The first-order chi connectivity index (χ1) is 9.65. The van der Waals surface area contributed by atoms with Crippen LogP contribution >= 0.6 is 11.8 Å². The van der Waals surface area contributed by atoms with Crippen LogP contribution in [-0.2, 0) is 0 Å². The van der Waals surface area contributed by atoms with Crippen molar-refractivity contribution in [2.45, 2.75) is 10.2 Å². The fourth-order valence-corrected chi connectivity index (χ4v) is 2.46. The smallest absolute Gasteiger partial charge is 0.354 e. The van der Waals surface area contributed by atoms with Crippen molar-refractivity contribution in [3.8, 4) is 0 Å². The van der Waals surface area contributed by atoms with Gasteiger partial charge in [-0.25, -0.2) is 9.78 Å². The molecule has 3 rings (SSSR count). The average molecular weight is 287 g/mol. The van der Waals surface area contributed by atoms with Gasteiger partial charge in [-0.3, -0.25) is 4.40 Å². The van der Waals surface area contributed by atoms with Crippen molar-refractivity contribution in [2.24, 2.45) is 0 Å². The lowest BCUT2D eigenvalue weighted by Gasteiger charge is -2.04. The van der Waals surface area contributed by atoms with Crippen molar-refractivity contribution in [1.29, 1.82) is 0 Å². The van der Waals surface area contributed by atoms with E-state index in [1.54, 1.807) is 4.40 Å². The van der Waals surface area contributed by atoms with E-state index in [-0.39, 0.29) is 5.69 Å². The zero-order valence-electron chi connectivity index (χ0n) is 10.1. The molecular formula is C12H9N5O2S. The van der Waals surface area contributed by atoms with E-state index in [4.69, 9.17) is 10.8 Å². The highest BCUT2D eigenvalue weighted by atomic mass is 32.2. The van der Waals surface area contributed by atoms with Crippen LogP contribution in [0.5, 0.6) is 0 Å². The van der Waals surface area contributed by atoms with E-state index in [0.717, 1.165) is 0 Å². The van der Waals surface area contributed by atoms with Gasteiger partial charge in [-0.1, -0.05) is 6.07 Å². The molecule has 0 aromatic carbocycles. The lowest BCUT2D eigenvalue weighted by Crippen LogP contribution is -2.03. The summed E-state index contributed by atoms with van der Waals surface area (Å²) in [5.41, 5.74) is 6.85. The highest BCUT2D eigenvalue weighted by molar-refractivity contribution is 7.99. The van der Waals surface area contributed by atoms with Gasteiger partial charge in [0.2, 0.25) is 5.16 Å². The Labute approximate surface area is 117 Å². The fourth-order valence-electron chi connectivity index (χ4n) is 1.63. The van der Waals surface area contributed by atoms with Crippen LogP contribution in [0.4, 0.5) is 5.69 Å². The quantitative estimate of drug-likeness (QED) is 0.752. The Morgan fingerprint density at radius 2 is 2.10 bits per heavy atom. The molecule has 0 atom stereocenters. The molecule has 0 fully saturated rings. The Morgan fingerprint density at radius 3 is 2.90 bits per heavy atom. The van der Waals surface area contributed by atoms with Crippen molar-refractivity contribution in [2.75, 3.05) is 5.73 Å². The van der Waals surface area contributed by atoms with Gasteiger partial charge in [0.25, 0.3) is 0 Å². The molecule has 0 spiro atoms. The fraction of sp³-hybridized carbons (Fsp3) is 0. The maximum absolute atomic E-state index is 10.9. The third-order valence-corrected chi connectivity index (χ3v) is 3.56. The number of pyridine rings is 2. The molecule has 3 N–H and O–H groups in total. The SMILES string of the molecule is Nc1ccc(C(=O)O)nc1Sc1nnc2ccccn12. The Balaban J connectivity index is 2.02. The Bertz CT molecular complexity index is 801. The van der Waals surface area contributed by atoms with E-state index < -0.39 is 5.97 Å². The van der Waals surface area contributed by atoms with Gasteiger partial charge in [0.15, 0.2) is 5.65 Å². The van der Waals surface area contributed by atoms with Crippen LogP contribution < -0.4 is 5.73 Å². The number of hydrogen-bond acceptors (Lipinski definition) is 6. The highest BCUT2D eigenvalue weighted by Crippen LogP contribution is 2.29. The second-order valence-electron chi connectivity index (χ2n) is 3.91. The Kier molecular flexibility index (Phi) is 2.99. The third-order valence-electron chi connectivity index (χ3n) is 2.58. The maximum atomic E-state index is 10.9. The van der Waals surface area contributed by atoms with E-state index in [0.29, 0.717) is 21.5 Å². The number of nitrogens with zero attached hydrogens (tertiary/aromatic N) is 4. The number of anilines is 1. The summed E-state index contributed by atoms with van der Waals surface area (Å²) >= 11 is 1.17. The number of carbonyl (C=O) groups is 1. The number of fused-ring (bicyclic) bond motifs is 1. The predicted octanol–water partition coefficient (Wildman–Crippen LogP) is 1.56. The van der Waals surface area contributed by atoms with Gasteiger partial charge in [-0.15, -0.1) is 10.2 Å². The van der Waals surface area contributed by atoms with Crippen molar-refractivity contribution >= 4 is 29.1 Å². The molecule has 0 aliphatic carbocycles. The molecule has 0 unspecified atom stereocenters. The van der Waals surface area contributed by atoms with Crippen LogP contribution in [0.25, 0.3) is 5.65 Å². The van der Waals surface area contributed by atoms with Gasteiger partial charge in [0.05, 0.1) is 5.69 Å². The number of aromatic nitrogens is 4. The van der Waals surface area contributed by atoms with Crippen LogP contribution in [0.1, 0.15) is 10.5 Å². The van der Waals surface area contributed by atoms with E-state index in [1.165, 1.54) is 23.9 Å². The van der Waals surface area contributed by atoms with Crippen LogP contribution in [0, 0.1) is 0 Å². The number of rotatable bonds is 3. The molecule has 0 saturated carbocycles. The number of nitrogen functional groups attached to an aromatic ring is 1. The first-order valence-corrected chi connectivity index (χ1v) is 6.44. The second kappa shape index (κ2) is 4.82. The van der Waals surface area contributed by atoms with Crippen LogP contribution in [0.3, 0.4) is 0 Å². The molecule has 0 radical (unpaired) electrons. The van der Waals surface area contributed by atoms with Crippen LogP contribution in [-0.4, -0.2) is 30.7 Å². The first kappa shape index (κ1) is 12.4. The van der Waals surface area contributed by atoms with Gasteiger partial charge in [-0.2, -0.15) is 0 Å². The predicted molar refractivity (Wildman–Crippen MR) is 72.7 cm³/mol. The van der Waals surface area contributed by atoms with Crippen LogP contribution in [0.15, 0.2) is 46.7 Å². The molecule has 0 aliphatic heterocycles. The number of nitrogens with two attached hydrogens (primary N) is 1. The molecular weight excluding hydrogens is 278 g/mol. The monoisotopic (exact) mass is 287 g/mol. The molecule has 3 aromatic heterocycles. The maximum Gasteiger partial charge on any atom is 0.354 e. The average Bonchev–Trinajstić information content (AvgIpc) is 2.84. The minimum atomic E-state index is -1.10. The molecule has 7 nitrogen and oxygen atoms in total. The minimum Gasteiger partial charge on any atom is -0.477 e. The van der Waals surface area contributed by atoms with Gasteiger partial charge >= 0.3 is 5.97 Å². The zero-order chi connectivity index (χ0) is 14.1. The number of aromatic carboxylic acids is 1. The summed E-state index contributed by atoms with van der Waals surface area (Å²) in [6.07, 6.45) is 1.81. The minimum absolute atomic E-state index is 0.0597. The van der Waals surface area contributed by atoms with Crippen molar-refractivity contribution < 1.29 is 9.90 Å². The molecule has 8 heteroatoms. The summed E-state index contributed by atoms with van der Waals surface area (Å²) in [7, 11) is 0. The normalized spacial score (nSPS) is 10.8. The van der Waals surface area contributed by atoms with E-state index in [1.807, 2.05) is 24.4 Å². The topological polar surface area (TPSA) is 106 Å². The largest absolute Gasteiger partial charge is 0.477 e. The Morgan fingerprint density at radius 1 is 1.25 bits per heavy atom. The van der Waals surface area contributed by atoms with Gasteiger partial charge < -0.3 is 10.8 Å².